The number of nitrogens with zero attached hydrogens (tertiary/aromatic N) is 2. The van der Waals surface area contributed by atoms with Crippen molar-refractivity contribution in [2.75, 3.05) is 0 Å². The van der Waals surface area contributed by atoms with Crippen molar-refractivity contribution >= 4 is 32.1 Å². The van der Waals surface area contributed by atoms with Gasteiger partial charge in [0.25, 0.3) is 20.2 Å². The Morgan fingerprint density at radius 1 is 0.682 bits per heavy atom. The second kappa shape index (κ2) is 13.7. The van der Waals surface area contributed by atoms with E-state index < -0.39 is 26.1 Å². The van der Waals surface area contributed by atoms with Crippen molar-refractivity contribution in [2.24, 2.45) is 0 Å². The quantitative estimate of drug-likeness (QED) is 0.207. The maximum atomic E-state index is 13.1. The van der Waals surface area contributed by atoms with E-state index in [0.717, 1.165) is 5.56 Å². The molecule has 12 heteroatoms. The van der Waals surface area contributed by atoms with Crippen molar-refractivity contribution in [3.05, 3.63) is 118 Å². The highest BCUT2D eigenvalue weighted by molar-refractivity contribution is 7.86. The molecule has 0 heterocycles. The van der Waals surface area contributed by atoms with Crippen LogP contribution in [0.25, 0.3) is 0 Å². The van der Waals surface area contributed by atoms with Crippen LogP contribution >= 0.6 is 0 Å². The van der Waals surface area contributed by atoms with Crippen LogP contribution in [0.1, 0.15) is 47.2 Å². The van der Waals surface area contributed by atoms with Gasteiger partial charge < -0.3 is 9.80 Å². The summed E-state index contributed by atoms with van der Waals surface area (Å²) in [4.78, 5) is 28.7. The Morgan fingerprint density at radius 2 is 1.18 bits per heavy atom. The van der Waals surface area contributed by atoms with E-state index in [1.165, 1.54) is 23.1 Å². The number of rotatable bonds is 12. The number of carbonyl (C=O) groups excluding carboxylic acids is 2. The van der Waals surface area contributed by atoms with Gasteiger partial charge in [-0.1, -0.05) is 55.6 Å². The molecule has 2 N–H and O–H groups in total. The second-order valence-corrected chi connectivity index (χ2v) is 13.7. The molecule has 0 fully saturated rings. The first-order valence-corrected chi connectivity index (χ1v) is 16.4. The van der Waals surface area contributed by atoms with Gasteiger partial charge in [0.1, 0.15) is 0 Å². The summed E-state index contributed by atoms with van der Waals surface area (Å²) in [5.41, 5.74) is 4.12. The van der Waals surface area contributed by atoms with E-state index in [0.29, 0.717) is 27.8 Å². The van der Waals surface area contributed by atoms with Gasteiger partial charge in [-0.2, -0.15) is 16.8 Å². The third kappa shape index (κ3) is 8.96. The number of benzene rings is 3. The molecular weight excluding hydrogens is 604 g/mol. The van der Waals surface area contributed by atoms with Crippen LogP contribution in [-0.4, -0.2) is 47.6 Å². The molecule has 3 aromatic rings. The average molecular weight is 641 g/mol. The van der Waals surface area contributed by atoms with E-state index in [1.54, 1.807) is 62.9 Å². The first-order valence-electron chi connectivity index (χ1n) is 13.5. The standard InChI is InChI=1S/C32H36N2O8S2/c1-21(2)31(35)33(19-27-12-13-29(15-24(27)6)43(37,38)39)17-25-8-7-9-26(16-25)18-34(32(36)22(3)4)20-28-11-10-23(5)14-30(28)44(40,41)42/h7-16H,1,3,17-20H2,2,4-6H3,(H,37,38,39)(H,40,41,42). The lowest BCUT2D eigenvalue weighted by Crippen LogP contribution is -2.32. The molecule has 0 spiro atoms. The van der Waals surface area contributed by atoms with Crippen LogP contribution in [0.4, 0.5) is 0 Å². The Hall–Kier alpha value is -4.10. The zero-order chi connectivity index (χ0) is 33.0. The normalized spacial score (nSPS) is 11.6. The molecule has 0 unspecified atom stereocenters. The van der Waals surface area contributed by atoms with Gasteiger partial charge in [0.15, 0.2) is 0 Å². The Labute approximate surface area is 258 Å². The molecule has 234 valence electrons. The monoisotopic (exact) mass is 640 g/mol. The zero-order valence-electron chi connectivity index (χ0n) is 25.1. The molecule has 3 aromatic carbocycles. The van der Waals surface area contributed by atoms with Crippen molar-refractivity contribution in [1.29, 1.82) is 0 Å². The molecule has 10 nitrogen and oxygen atoms in total. The summed E-state index contributed by atoms with van der Waals surface area (Å²) in [6.07, 6.45) is 0. The minimum atomic E-state index is -4.54. The number of hydrogen-bond acceptors (Lipinski definition) is 6. The van der Waals surface area contributed by atoms with Crippen LogP contribution in [0.5, 0.6) is 0 Å². The van der Waals surface area contributed by atoms with E-state index >= 15 is 0 Å². The molecule has 0 bridgehead atoms. The zero-order valence-corrected chi connectivity index (χ0v) is 26.7. The van der Waals surface area contributed by atoms with Gasteiger partial charge in [-0.05, 0) is 79.3 Å². The highest BCUT2D eigenvalue weighted by Crippen LogP contribution is 2.23. The summed E-state index contributed by atoms with van der Waals surface area (Å²) >= 11 is 0. The van der Waals surface area contributed by atoms with Gasteiger partial charge in [0.05, 0.1) is 9.79 Å². The van der Waals surface area contributed by atoms with Crippen molar-refractivity contribution in [2.45, 2.75) is 63.7 Å². The number of amides is 2. The molecule has 0 aromatic heterocycles. The first-order chi connectivity index (χ1) is 20.4. The van der Waals surface area contributed by atoms with E-state index in [4.69, 9.17) is 0 Å². The van der Waals surface area contributed by atoms with Gasteiger partial charge in [0.2, 0.25) is 11.8 Å². The highest BCUT2D eigenvalue weighted by atomic mass is 32.2. The Kier molecular flexibility index (Phi) is 10.7. The molecule has 0 atom stereocenters. The predicted octanol–water partition coefficient (Wildman–Crippen LogP) is 5.01. The maximum Gasteiger partial charge on any atom is 0.294 e. The summed E-state index contributed by atoms with van der Waals surface area (Å²) in [6.45, 7) is 14.3. The van der Waals surface area contributed by atoms with Gasteiger partial charge in [-0.3, -0.25) is 18.7 Å². The fourth-order valence-electron chi connectivity index (χ4n) is 4.66. The lowest BCUT2D eigenvalue weighted by atomic mass is 10.1. The Bertz CT molecular complexity index is 1850. The summed E-state index contributed by atoms with van der Waals surface area (Å²) in [6, 6.07) is 16.0. The van der Waals surface area contributed by atoms with Crippen LogP contribution < -0.4 is 0 Å². The van der Waals surface area contributed by atoms with E-state index in [9.17, 15) is 35.5 Å². The third-order valence-electron chi connectivity index (χ3n) is 6.88. The van der Waals surface area contributed by atoms with Gasteiger partial charge in [0, 0.05) is 37.3 Å². The minimum Gasteiger partial charge on any atom is -0.330 e. The Balaban J connectivity index is 1.92. The van der Waals surface area contributed by atoms with Gasteiger partial charge in [-0.25, -0.2) is 0 Å². The average Bonchev–Trinajstić information content (AvgIpc) is 2.92. The van der Waals surface area contributed by atoms with Crippen LogP contribution in [0.2, 0.25) is 0 Å². The summed E-state index contributed by atoms with van der Waals surface area (Å²) in [5, 5.41) is 0. The second-order valence-electron chi connectivity index (χ2n) is 10.9. The van der Waals surface area contributed by atoms with Crippen LogP contribution in [0.3, 0.4) is 0 Å². The molecule has 2 amide bonds. The number of hydrogen-bond donors (Lipinski definition) is 2. The molecule has 0 aliphatic rings. The Morgan fingerprint density at radius 3 is 1.64 bits per heavy atom. The SMILES string of the molecule is C=C(C)C(=O)N(Cc1cccc(CN(Cc2ccc(C)cc2S(=O)(=O)O)C(=O)C(=C)C)c1)Cc1ccc(S(=O)(=O)O)cc1C. The van der Waals surface area contributed by atoms with Crippen LogP contribution in [0.15, 0.2) is 94.8 Å². The molecule has 3 rings (SSSR count). The first kappa shape index (κ1) is 34.4. The lowest BCUT2D eigenvalue weighted by molar-refractivity contribution is -0.128. The van der Waals surface area contributed by atoms with Crippen LogP contribution in [0, 0.1) is 13.8 Å². The number of aryl methyl sites for hydroxylation is 2. The molecule has 0 radical (unpaired) electrons. The molecular formula is C32H36N2O8S2. The fraction of sp³-hybridized carbons (Fsp3) is 0.250. The topological polar surface area (TPSA) is 149 Å². The van der Waals surface area contributed by atoms with Gasteiger partial charge in [-0.15, -0.1) is 0 Å². The third-order valence-corrected chi connectivity index (χ3v) is 8.66. The molecule has 0 aliphatic carbocycles. The van der Waals surface area contributed by atoms with Crippen molar-refractivity contribution in [3.63, 3.8) is 0 Å². The lowest BCUT2D eigenvalue weighted by Gasteiger charge is -2.26. The van der Waals surface area contributed by atoms with E-state index in [-0.39, 0.29) is 53.0 Å². The largest absolute Gasteiger partial charge is 0.330 e. The molecule has 44 heavy (non-hydrogen) atoms. The van der Waals surface area contributed by atoms with Crippen molar-refractivity contribution < 1.29 is 35.5 Å². The van der Waals surface area contributed by atoms with E-state index in [2.05, 4.69) is 13.2 Å². The molecule has 0 saturated heterocycles. The summed E-state index contributed by atoms with van der Waals surface area (Å²) in [5.74, 6) is -0.718. The smallest absolute Gasteiger partial charge is 0.294 e. The summed E-state index contributed by atoms with van der Waals surface area (Å²) < 4.78 is 66.4. The van der Waals surface area contributed by atoms with Gasteiger partial charge >= 0.3 is 0 Å². The van der Waals surface area contributed by atoms with E-state index in [1.807, 2.05) is 12.1 Å². The van der Waals surface area contributed by atoms with Crippen molar-refractivity contribution in [3.8, 4) is 0 Å². The fourth-order valence-corrected chi connectivity index (χ4v) is 6.02. The number of carbonyl (C=O) groups is 2. The van der Waals surface area contributed by atoms with Crippen LogP contribution in [-0.2, 0) is 56.0 Å². The summed E-state index contributed by atoms with van der Waals surface area (Å²) in [7, 11) is -8.92. The maximum absolute atomic E-state index is 13.1. The predicted molar refractivity (Wildman–Crippen MR) is 167 cm³/mol. The molecule has 0 saturated carbocycles. The molecule has 0 aliphatic heterocycles. The van der Waals surface area contributed by atoms with Crippen molar-refractivity contribution in [1.82, 2.24) is 9.80 Å². The minimum absolute atomic E-state index is 0.0863. The highest BCUT2D eigenvalue weighted by Gasteiger charge is 2.22.